The lowest BCUT2D eigenvalue weighted by molar-refractivity contribution is 0.975. The smallest absolute Gasteiger partial charge is 0.0625 e. The predicted molar refractivity (Wildman–Crippen MR) is 242 cm³/mol. The molecule has 0 bridgehead atoms. The van der Waals surface area contributed by atoms with Crippen molar-refractivity contribution in [1.82, 2.24) is 9.13 Å². The minimum absolute atomic E-state index is 0.134. The summed E-state index contributed by atoms with van der Waals surface area (Å²) in [5, 5.41) is 18.3. The molecule has 0 aliphatic carbocycles. The third kappa shape index (κ3) is 4.82. The van der Waals surface area contributed by atoms with Gasteiger partial charge in [0.05, 0.1) is 22.1 Å². The number of para-hydroxylation sites is 1. The van der Waals surface area contributed by atoms with Crippen LogP contribution in [0.15, 0.2) is 200 Å². The van der Waals surface area contributed by atoms with Crippen molar-refractivity contribution >= 4 is 82.6 Å². The molecule has 57 heavy (non-hydrogen) atoms. The fourth-order valence-electron chi connectivity index (χ4n) is 9.71. The van der Waals surface area contributed by atoms with Gasteiger partial charge in [-0.25, -0.2) is 0 Å². The van der Waals surface area contributed by atoms with Crippen LogP contribution in [0.3, 0.4) is 0 Å². The largest absolute Gasteiger partial charge is 0.317 e. The molecule has 12 aromatic rings. The summed E-state index contributed by atoms with van der Waals surface area (Å²) in [7, 11) is 0. The van der Waals surface area contributed by atoms with E-state index in [9.17, 15) is 0 Å². The Bertz CT molecular complexity index is 3370. The maximum absolute atomic E-state index is 5.50. The second-order valence-electron chi connectivity index (χ2n) is 14.8. The number of benzene rings is 9. The van der Waals surface area contributed by atoms with Crippen molar-refractivity contribution in [3.8, 4) is 11.4 Å². The van der Waals surface area contributed by atoms with Gasteiger partial charge in [-0.1, -0.05) is 152 Å². The summed E-state index contributed by atoms with van der Waals surface area (Å²) in [6.45, 7) is 2.50. The van der Waals surface area contributed by atoms with Crippen molar-refractivity contribution < 1.29 is 0 Å². The quantitative estimate of drug-likeness (QED) is 0.135. The monoisotopic (exact) mass is 727 g/mol. The number of aromatic nitrogens is 2. The van der Waals surface area contributed by atoms with Crippen LogP contribution in [0.5, 0.6) is 0 Å². The third-order valence-corrected chi connectivity index (χ3v) is 11.9. The van der Waals surface area contributed by atoms with Crippen molar-refractivity contribution in [2.24, 2.45) is 0 Å². The Morgan fingerprint density at radius 1 is 0.333 bits per heavy atom. The minimum atomic E-state index is 0.134. The molecule has 3 heteroatoms. The van der Waals surface area contributed by atoms with Gasteiger partial charge in [0.2, 0.25) is 0 Å². The van der Waals surface area contributed by atoms with Crippen LogP contribution in [-0.2, 0) is 0 Å². The Balaban J connectivity index is 0.00000184. The van der Waals surface area contributed by atoms with E-state index in [0.29, 0.717) is 0 Å². The summed E-state index contributed by atoms with van der Waals surface area (Å²) in [5.74, 6) is 0.134. The van der Waals surface area contributed by atoms with E-state index in [1.807, 2.05) is 0 Å². The number of nitrogens with zero attached hydrogens (tertiary/aromatic N) is 2. The van der Waals surface area contributed by atoms with Crippen LogP contribution in [0.2, 0.25) is 0 Å². The van der Waals surface area contributed by atoms with E-state index in [0.717, 1.165) is 5.69 Å². The van der Waals surface area contributed by atoms with E-state index in [1.54, 1.807) is 0 Å². The molecular weight excluding hydrogens is 691 g/mol. The van der Waals surface area contributed by atoms with Crippen molar-refractivity contribution in [3.05, 3.63) is 217 Å². The average molecular weight is 728 g/mol. The maximum Gasteiger partial charge on any atom is 0.0625 e. The second kappa shape index (κ2) is 13.1. The number of nitrogens with one attached hydrogen (secondary N) is 1. The number of fused-ring (bicyclic) bond motifs is 5. The summed E-state index contributed by atoms with van der Waals surface area (Å²) in [6.07, 6.45) is 0. The summed E-state index contributed by atoms with van der Waals surface area (Å²) < 4.78 is 5.01. The molecule has 1 N–H and O–H groups in total. The van der Waals surface area contributed by atoms with Gasteiger partial charge in [-0.3, -0.25) is 0 Å². The first-order chi connectivity index (χ1) is 28.3. The van der Waals surface area contributed by atoms with Gasteiger partial charge in [0.15, 0.2) is 0 Å². The van der Waals surface area contributed by atoms with Gasteiger partial charge in [0.1, 0.15) is 0 Å². The lowest BCUT2D eigenvalue weighted by Crippen LogP contribution is -2.04. The normalized spacial score (nSPS) is 11.8. The molecule has 0 unspecified atom stereocenters. The maximum atomic E-state index is 5.50. The molecule has 0 atom stereocenters. The van der Waals surface area contributed by atoms with E-state index in [1.165, 1.54) is 98.3 Å². The highest BCUT2D eigenvalue weighted by molar-refractivity contribution is 6.41. The van der Waals surface area contributed by atoms with E-state index in [2.05, 4.69) is 216 Å². The molecule has 0 saturated carbocycles. The van der Waals surface area contributed by atoms with E-state index in [-0.39, 0.29) is 5.92 Å². The van der Waals surface area contributed by atoms with Crippen LogP contribution < -0.4 is 0 Å². The van der Waals surface area contributed by atoms with Gasteiger partial charge in [-0.15, -0.1) is 0 Å². The van der Waals surface area contributed by atoms with Gasteiger partial charge in [0.25, 0.3) is 0 Å². The lowest BCUT2D eigenvalue weighted by Gasteiger charge is -2.20. The van der Waals surface area contributed by atoms with Gasteiger partial charge in [-0.05, 0) is 98.9 Å². The van der Waals surface area contributed by atoms with Crippen LogP contribution >= 0.6 is 0 Å². The summed E-state index contributed by atoms with van der Waals surface area (Å²) in [6, 6.07) is 73.9. The highest BCUT2D eigenvalue weighted by atomic mass is 15.0. The molecule has 10 aromatic carbocycles. The molecule has 0 amide bonds. The lowest BCUT2D eigenvalue weighted by atomic mass is 9.85. The van der Waals surface area contributed by atoms with Gasteiger partial charge >= 0.3 is 0 Å². The molecule has 0 radical (unpaired) electrons. The number of hydrogen-bond donors (Lipinski definition) is 1. The summed E-state index contributed by atoms with van der Waals surface area (Å²) in [5.41, 5.74) is 11.1. The zero-order valence-electron chi connectivity index (χ0n) is 31.2. The van der Waals surface area contributed by atoms with Crippen molar-refractivity contribution in [2.45, 2.75) is 5.92 Å². The standard InChI is InChI=1S/C53H34N2.CH3N/c1-4-15-34(16-5-1)48(35-17-6-2-7-18-35)36-27-29-39(30-28-36)55-47-32-31-46-51-49-43(25-14-26-45(49)54(46)38-20-8-3-9-21-38)41-23-12-13-24-42(41)44-33-37-19-10-11-22-40(37)53(55)50(44)52(47)51;1-2/h1-33,48H;2H,1H2. The predicted octanol–water partition coefficient (Wildman–Crippen LogP) is 14.2. The fraction of sp³-hybridized carbons (Fsp3) is 0.0185. The molecule has 3 nitrogen and oxygen atoms in total. The molecule has 2 heterocycles. The SMILES string of the molecule is C=N.c1ccc(C(c2ccccc2)c2ccc(-n3c4ccc5c6c7c(cccc7n5-c5ccccc5)c5ccccc5c5cc7ccccc7c3c5c64)cc2)cc1. The van der Waals surface area contributed by atoms with Crippen molar-refractivity contribution in [2.75, 3.05) is 0 Å². The number of rotatable bonds is 5. The Morgan fingerprint density at radius 3 is 1.47 bits per heavy atom. The second-order valence-corrected chi connectivity index (χ2v) is 14.8. The van der Waals surface area contributed by atoms with Crippen LogP contribution in [0.4, 0.5) is 0 Å². The van der Waals surface area contributed by atoms with E-state index >= 15 is 0 Å². The zero-order chi connectivity index (χ0) is 38.0. The fourth-order valence-corrected chi connectivity index (χ4v) is 9.71. The Hall–Kier alpha value is -7.49. The molecule has 0 fully saturated rings. The molecule has 0 aliphatic rings. The molecule has 268 valence electrons. The summed E-state index contributed by atoms with van der Waals surface area (Å²) in [4.78, 5) is 0. The van der Waals surface area contributed by atoms with Crippen LogP contribution in [-0.4, -0.2) is 15.9 Å². The third-order valence-electron chi connectivity index (χ3n) is 11.9. The first kappa shape index (κ1) is 32.9. The van der Waals surface area contributed by atoms with E-state index in [4.69, 9.17) is 5.41 Å². The topological polar surface area (TPSA) is 33.7 Å². The van der Waals surface area contributed by atoms with Crippen molar-refractivity contribution in [3.63, 3.8) is 0 Å². The molecular formula is C54H37N3. The average Bonchev–Trinajstić information content (AvgIpc) is 3.82. The Morgan fingerprint density at radius 2 is 0.807 bits per heavy atom. The van der Waals surface area contributed by atoms with Crippen LogP contribution in [0.1, 0.15) is 22.6 Å². The Kier molecular flexibility index (Phi) is 7.55. The summed E-state index contributed by atoms with van der Waals surface area (Å²) >= 11 is 0. The van der Waals surface area contributed by atoms with Gasteiger partial charge in [0, 0.05) is 44.2 Å². The molecule has 0 spiro atoms. The van der Waals surface area contributed by atoms with Gasteiger partial charge < -0.3 is 14.5 Å². The molecule has 12 rings (SSSR count). The number of hydrogen-bond acceptors (Lipinski definition) is 1. The molecule has 2 aromatic heterocycles. The zero-order valence-corrected chi connectivity index (χ0v) is 31.2. The van der Waals surface area contributed by atoms with Crippen LogP contribution in [0.25, 0.3) is 87.3 Å². The van der Waals surface area contributed by atoms with Crippen molar-refractivity contribution in [1.29, 1.82) is 5.41 Å². The molecule has 0 aliphatic heterocycles. The first-order valence-electron chi connectivity index (χ1n) is 19.5. The van der Waals surface area contributed by atoms with Crippen LogP contribution in [0, 0.1) is 5.41 Å². The van der Waals surface area contributed by atoms with Gasteiger partial charge in [-0.2, -0.15) is 0 Å². The first-order valence-corrected chi connectivity index (χ1v) is 19.5. The highest BCUT2D eigenvalue weighted by Gasteiger charge is 2.26. The molecule has 0 saturated heterocycles. The highest BCUT2D eigenvalue weighted by Crippen LogP contribution is 2.49. The minimum Gasteiger partial charge on any atom is -0.317 e. The van der Waals surface area contributed by atoms with E-state index < -0.39 is 0 Å². The Labute approximate surface area is 330 Å².